The van der Waals surface area contributed by atoms with Gasteiger partial charge in [-0.15, -0.1) is 10.2 Å². The van der Waals surface area contributed by atoms with E-state index in [2.05, 4.69) is 10.2 Å². The Morgan fingerprint density at radius 2 is 1.73 bits per heavy atom. The average molecular weight is 459 g/mol. The quantitative estimate of drug-likeness (QED) is 0.352. The molecule has 0 amide bonds. The minimum atomic E-state index is -0.412. The fourth-order valence-corrected chi connectivity index (χ4v) is 4.18. The maximum absolute atomic E-state index is 14.1. The third-order valence-electron chi connectivity index (χ3n) is 5.61. The molecule has 1 aliphatic heterocycles. The van der Waals surface area contributed by atoms with E-state index in [1.165, 1.54) is 13.2 Å². The van der Waals surface area contributed by atoms with Crippen LogP contribution in [-0.2, 0) is 0 Å². The van der Waals surface area contributed by atoms with Gasteiger partial charge in [0.05, 0.1) is 24.6 Å². The smallest absolute Gasteiger partial charge is 0.172 e. The summed E-state index contributed by atoms with van der Waals surface area (Å²) in [6.07, 6.45) is 0.570. The van der Waals surface area contributed by atoms with Gasteiger partial charge in [0.15, 0.2) is 17.4 Å². The minimum Gasteiger partial charge on any atom is -0.494 e. The topological polar surface area (TPSA) is 50.6 Å². The molecule has 0 fully saturated rings. The molecule has 1 aliphatic rings. The molecule has 7 heteroatoms. The third kappa shape index (κ3) is 4.17. The highest BCUT2D eigenvalue weighted by molar-refractivity contribution is 6.34. The van der Waals surface area contributed by atoms with Crippen molar-refractivity contribution in [1.29, 1.82) is 0 Å². The van der Waals surface area contributed by atoms with Gasteiger partial charge in [-0.3, -0.25) is 0 Å². The van der Waals surface area contributed by atoms with Crippen LogP contribution in [-0.4, -0.2) is 23.0 Å². The summed E-state index contributed by atoms with van der Waals surface area (Å²) in [7, 11) is 1.45. The number of nitrogens with zero attached hydrogens (tertiary/aromatic N) is 4. The maximum Gasteiger partial charge on any atom is 0.172 e. The van der Waals surface area contributed by atoms with Gasteiger partial charge < -0.3 is 4.74 Å². The number of halogens is 2. The number of aromatic nitrogens is 2. The molecule has 0 saturated heterocycles. The monoisotopic (exact) mass is 458 g/mol. The van der Waals surface area contributed by atoms with Crippen LogP contribution >= 0.6 is 11.6 Å². The van der Waals surface area contributed by atoms with E-state index in [0.29, 0.717) is 17.3 Å². The lowest BCUT2D eigenvalue weighted by molar-refractivity contribution is 0.385. The zero-order valence-corrected chi connectivity index (χ0v) is 18.6. The first-order valence-corrected chi connectivity index (χ1v) is 10.9. The molecule has 0 bridgehead atoms. The molecule has 164 valence electrons. The lowest BCUT2D eigenvalue weighted by Crippen LogP contribution is -2.20. The Labute approximate surface area is 196 Å². The highest BCUT2D eigenvalue weighted by Crippen LogP contribution is 2.38. The van der Waals surface area contributed by atoms with Gasteiger partial charge in [0.1, 0.15) is 0 Å². The number of anilines is 1. The third-order valence-corrected chi connectivity index (χ3v) is 5.94. The number of rotatable bonds is 5. The molecule has 1 unspecified atom stereocenters. The van der Waals surface area contributed by atoms with E-state index in [0.717, 1.165) is 28.1 Å². The maximum atomic E-state index is 14.1. The number of methoxy groups -OCH3 is 1. The molecular formula is C26H20ClFN4O. The molecule has 0 aliphatic carbocycles. The molecule has 4 aromatic rings. The molecular weight excluding hydrogens is 439 g/mol. The Morgan fingerprint density at radius 1 is 0.939 bits per heavy atom. The highest BCUT2D eigenvalue weighted by atomic mass is 35.5. The SMILES string of the molecule is COc1cc(C2CC(c3ccccc3Cl)=NN2c2ccc(-c3ccccc3)nn2)ccc1F. The van der Waals surface area contributed by atoms with Gasteiger partial charge in [0, 0.05) is 22.6 Å². The normalized spacial score (nSPS) is 15.4. The minimum absolute atomic E-state index is 0.184. The summed E-state index contributed by atoms with van der Waals surface area (Å²) >= 11 is 6.45. The first-order valence-electron chi connectivity index (χ1n) is 10.5. The van der Waals surface area contributed by atoms with E-state index < -0.39 is 5.82 Å². The van der Waals surface area contributed by atoms with E-state index in [1.54, 1.807) is 12.1 Å². The van der Waals surface area contributed by atoms with Crippen LogP contribution in [0.25, 0.3) is 11.3 Å². The molecule has 5 nitrogen and oxygen atoms in total. The second-order valence-electron chi connectivity index (χ2n) is 7.63. The van der Waals surface area contributed by atoms with Crippen molar-refractivity contribution in [3.63, 3.8) is 0 Å². The van der Waals surface area contributed by atoms with Crippen LogP contribution < -0.4 is 9.75 Å². The van der Waals surface area contributed by atoms with Crippen LogP contribution in [0.4, 0.5) is 10.2 Å². The summed E-state index contributed by atoms with van der Waals surface area (Å²) in [4.78, 5) is 0. The average Bonchev–Trinajstić information content (AvgIpc) is 3.30. The second-order valence-corrected chi connectivity index (χ2v) is 8.04. The summed E-state index contributed by atoms with van der Waals surface area (Å²) in [5.41, 5.74) is 4.29. The van der Waals surface area contributed by atoms with Crippen LogP contribution in [0.1, 0.15) is 23.6 Å². The molecule has 3 aromatic carbocycles. The van der Waals surface area contributed by atoms with Crippen LogP contribution in [0.3, 0.4) is 0 Å². The van der Waals surface area contributed by atoms with Crippen molar-refractivity contribution in [1.82, 2.24) is 10.2 Å². The number of hydrogen-bond acceptors (Lipinski definition) is 5. The van der Waals surface area contributed by atoms with Gasteiger partial charge in [-0.05, 0) is 35.9 Å². The number of benzene rings is 3. The summed E-state index contributed by atoms with van der Waals surface area (Å²) in [6, 6.07) is 25.9. The molecule has 33 heavy (non-hydrogen) atoms. The zero-order valence-electron chi connectivity index (χ0n) is 17.8. The fourth-order valence-electron chi connectivity index (χ4n) is 3.93. The van der Waals surface area contributed by atoms with Crippen LogP contribution in [0, 0.1) is 5.82 Å². The van der Waals surface area contributed by atoms with E-state index in [1.807, 2.05) is 71.7 Å². The second kappa shape index (κ2) is 9.00. The molecule has 0 saturated carbocycles. The van der Waals surface area contributed by atoms with Crippen LogP contribution in [0.15, 0.2) is 90.0 Å². The molecule has 0 N–H and O–H groups in total. The first-order chi connectivity index (χ1) is 16.1. The molecule has 2 heterocycles. The Hall–Kier alpha value is -3.77. The first kappa shape index (κ1) is 21.1. The molecule has 0 spiro atoms. The highest BCUT2D eigenvalue weighted by Gasteiger charge is 2.32. The van der Waals surface area contributed by atoms with Gasteiger partial charge in [0.2, 0.25) is 0 Å². The van der Waals surface area contributed by atoms with Gasteiger partial charge in [-0.1, -0.05) is 66.2 Å². The number of hydrogen-bond donors (Lipinski definition) is 0. The van der Waals surface area contributed by atoms with E-state index in [-0.39, 0.29) is 11.8 Å². The van der Waals surface area contributed by atoms with E-state index in [9.17, 15) is 4.39 Å². The molecule has 0 radical (unpaired) electrons. The molecule has 1 aromatic heterocycles. The molecule has 5 rings (SSSR count). The lowest BCUT2D eigenvalue weighted by Gasteiger charge is -2.23. The Morgan fingerprint density at radius 3 is 2.45 bits per heavy atom. The van der Waals surface area contributed by atoms with Gasteiger partial charge in [0.25, 0.3) is 0 Å². The van der Waals surface area contributed by atoms with Crippen molar-refractivity contribution in [3.05, 3.63) is 107 Å². The number of hydrazone groups is 1. The Kier molecular flexibility index (Phi) is 5.75. The summed E-state index contributed by atoms with van der Waals surface area (Å²) in [6.45, 7) is 0. The summed E-state index contributed by atoms with van der Waals surface area (Å²) in [5, 5.41) is 16.2. The Bertz CT molecular complexity index is 1310. The van der Waals surface area contributed by atoms with E-state index >= 15 is 0 Å². The van der Waals surface area contributed by atoms with Crippen molar-refractivity contribution < 1.29 is 9.13 Å². The van der Waals surface area contributed by atoms with Crippen molar-refractivity contribution in [2.24, 2.45) is 5.10 Å². The van der Waals surface area contributed by atoms with Crippen molar-refractivity contribution >= 4 is 23.1 Å². The van der Waals surface area contributed by atoms with Gasteiger partial charge in [-0.2, -0.15) is 5.10 Å². The predicted molar refractivity (Wildman–Crippen MR) is 128 cm³/mol. The standard InChI is InChI=1S/C26H20ClFN4O/c1-33-25-15-18(11-12-21(25)28)24-16-23(19-9-5-6-10-20(19)27)31-32(24)26-14-13-22(29-30-26)17-7-3-2-4-8-17/h2-15,24H,16H2,1H3. The lowest BCUT2D eigenvalue weighted by atomic mass is 9.98. The van der Waals surface area contributed by atoms with Gasteiger partial charge >= 0.3 is 0 Å². The number of ether oxygens (including phenoxy) is 1. The zero-order chi connectivity index (χ0) is 22.8. The Balaban J connectivity index is 1.55. The van der Waals surface area contributed by atoms with Crippen molar-refractivity contribution in [2.75, 3.05) is 12.1 Å². The summed E-state index contributed by atoms with van der Waals surface area (Å²) < 4.78 is 19.3. The van der Waals surface area contributed by atoms with Crippen molar-refractivity contribution in [2.45, 2.75) is 12.5 Å². The summed E-state index contributed by atoms with van der Waals surface area (Å²) in [5.74, 6) is 0.360. The van der Waals surface area contributed by atoms with E-state index in [4.69, 9.17) is 21.4 Å². The van der Waals surface area contributed by atoms with Crippen LogP contribution in [0.5, 0.6) is 5.75 Å². The molecule has 1 atom stereocenters. The predicted octanol–water partition coefficient (Wildman–Crippen LogP) is 6.30. The van der Waals surface area contributed by atoms with Gasteiger partial charge in [-0.25, -0.2) is 9.40 Å². The van der Waals surface area contributed by atoms with Crippen LogP contribution in [0.2, 0.25) is 5.02 Å². The fraction of sp³-hybridized carbons (Fsp3) is 0.115. The van der Waals surface area contributed by atoms with Crippen molar-refractivity contribution in [3.8, 4) is 17.0 Å². The largest absolute Gasteiger partial charge is 0.494 e.